The van der Waals surface area contributed by atoms with Crippen molar-refractivity contribution in [2.75, 3.05) is 23.7 Å². The zero-order valence-electron chi connectivity index (χ0n) is 17.4. The molecule has 0 unspecified atom stereocenters. The van der Waals surface area contributed by atoms with Crippen molar-refractivity contribution in [3.05, 3.63) is 71.8 Å². The molecular weight excluding hydrogens is 436 g/mol. The lowest BCUT2D eigenvalue weighted by molar-refractivity contribution is -0.122. The van der Waals surface area contributed by atoms with Crippen molar-refractivity contribution in [3.63, 3.8) is 0 Å². The van der Waals surface area contributed by atoms with Crippen LogP contribution in [0.3, 0.4) is 0 Å². The van der Waals surface area contributed by atoms with Gasteiger partial charge in [-0.25, -0.2) is 8.42 Å². The molecule has 0 aromatic heterocycles. The summed E-state index contributed by atoms with van der Waals surface area (Å²) in [4.78, 5) is 12.8. The third-order valence-corrected chi connectivity index (χ3v) is 6.20. The van der Waals surface area contributed by atoms with E-state index in [-0.39, 0.29) is 13.2 Å². The Morgan fingerprint density at radius 3 is 2.48 bits per heavy atom. The average molecular weight is 461 g/mol. The Hall–Kier alpha value is -2.77. The SMILES string of the molecule is CC[C@@H](C(=O)NCCOc1ccc2ccccc2c1)N(c1cccc(Cl)c1)S(C)(=O)=O. The summed E-state index contributed by atoms with van der Waals surface area (Å²) >= 11 is 6.02. The number of benzene rings is 3. The van der Waals surface area contributed by atoms with Crippen molar-refractivity contribution < 1.29 is 17.9 Å². The van der Waals surface area contributed by atoms with E-state index in [1.807, 2.05) is 42.5 Å². The quantitative estimate of drug-likeness (QED) is 0.485. The van der Waals surface area contributed by atoms with Gasteiger partial charge in [0.1, 0.15) is 18.4 Å². The number of anilines is 1. The number of nitrogens with one attached hydrogen (secondary N) is 1. The summed E-state index contributed by atoms with van der Waals surface area (Å²) in [6.07, 6.45) is 1.38. The minimum Gasteiger partial charge on any atom is -0.492 e. The summed E-state index contributed by atoms with van der Waals surface area (Å²) in [5.74, 6) is 0.312. The van der Waals surface area contributed by atoms with Crippen LogP contribution in [0, 0.1) is 0 Å². The number of halogens is 1. The van der Waals surface area contributed by atoms with Gasteiger partial charge in [0.2, 0.25) is 15.9 Å². The fourth-order valence-corrected chi connectivity index (χ4v) is 4.78. The molecule has 0 spiro atoms. The van der Waals surface area contributed by atoms with Crippen LogP contribution in [0.5, 0.6) is 5.75 Å². The zero-order valence-corrected chi connectivity index (χ0v) is 19.0. The molecule has 0 heterocycles. The molecular formula is C23H25ClN2O4S. The molecule has 8 heteroatoms. The first kappa shape index (κ1) is 22.9. The van der Waals surface area contributed by atoms with Gasteiger partial charge in [-0.15, -0.1) is 0 Å². The molecule has 0 aliphatic rings. The maximum Gasteiger partial charge on any atom is 0.244 e. The number of rotatable bonds is 9. The van der Waals surface area contributed by atoms with Crippen molar-refractivity contribution in [3.8, 4) is 5.75 Å². The van der Waals surface area contributed by atoms with E-state index >= 15 is 0 Å². The number of carbonyl (C=O) groups is 1. The predicted octanol–water partition coefficient (Wildman–Crippen LogP) is 4.23. The fraction of sp³-hybridized carbons (Fsp3) is 0.261. The smallest absolute Gasteiger partial charge is 0.244 e. The molecule has 0 radical (unpaired) electrons. The number of hydrogen-bond acceptors (Lipinski definition) is 4. The van der Waals surface area contributed by atoms with E-state index in [2.05, 4.69) is 5.32 Å². The molecule has 164 valence electrons. The third-order valence-electron chi connectivity index (χ3n) is 4.78. The molecule has 0 bridgehead atoms. The lowest BCUT2D eigenvalue weighted by Crippen LogP contribution is -2.50. The van der Waals surface area contributed by atoms with Crippen LogP contribution in [0.15, 0.2) is 66.7 Å². The van der Waals surface area contributed by atoms with Crippen molar-refractivity contribution in [1.82, 2.24) is 5.32 Å². The van der Waals surface area contributed by atoms with Crippen molar-refractivity contribution in [2.45, 2.75) is 19.4 Å². The lowest BCUT2D eigenvalue weighted by atomic mass is 10.1. The molecule has 3 aromatic carbocycles. The lowest BCUT2D eigenvalue weighted by Gasteiger charge is -2.30. The van der Waals surface area contributed by atoms with Crippen LogP contribution >= 0.6 is 11.6 Å². The monoisotopic (exact) mass is 460 g/mol. The molecule has 0 aliphatic carbocycles. The van der Waals surface area contributed by atoms with Gasteiger partial charge in [0.15, 0.2) is 0 Å². The minimum atomic E-state index is -3.70. The Morgan fingerprint density at radius 2 is 1.81 bits per heavy atom. The average Bonchev–Trinajstić information content (AvgIpc) is 2.73. The second kappa shape index (κ2) is 10.0. The molecule has 3 aromatic rings. The topological polar surface area (TPSA) is 75.7 Å². The molecule has 1 amide bonds. The van der Waals surface area contributed by atoms with Crippen molar-refractivity contribution >= 4 is 44.0 Å². The number of carbonyl (C=O) groups excluding carboxylic acids is 1. The highest BCUT2D eigenvalue weighted by molar-refractivity contribution is 7.92. The van der Waals surface area contributed by atoms with Crippen LogP contribution in [0.1, 0.15) is 13.3 Å². The Morgan fingerprint density at radius 1 is 1.06 bits per heavy atom. The maximum atomic E-state index is 12.8. The summed E-state index contributed by atoms with van der Waals surface area (Å²) in [5, 5.41) is 5.36. The molecule has 1 atom stereocenters. The Bertz CT molecular complexity index is 1170. The Kier molecular flexibility index (Phi) is 7.41. The summed E-state index contributed by atoms with van der Waals surface area (Å²) in [6, 6.07) is 19.3. The van der Waals surface area contributed by atoms with Gasteiger partial charge in [0.25, 0.3) is 0 Å². The first-order valence-corrected chi connectivity index (χ1v) is 12.2. The first-order valence-electron chi connectivity index (χ1n) is 9.94. The summed E-state index contributed by atoms with van der Waals surface area (Å²) in [7, 11) is -3.70. The van der Waals surface area contributed by atoms with Crippen LogP contribution in [0.2, 0.25) is 5.02 Å². The van der Waals surface area contributed by atoms with Gasteiger partial charge in [-0.2, -0.15) is 0 Å². The number of nitrogens with zero attached hydrogens (tertiary/aromatic N) is 1. The molecule has 6 nitrogen and oxygen atoms in total. The first-order chi connectivity index (χ1) is 14.8. The fourth-order valence-electron chi connectivity index (χ4n) is 3.39. The van der Waals surface area contributed by atoms with Crippen molar-refractivity contribution in [1.29, 1.82) is 0 Å². The van der Waals surface area contributed by atoms with Gasteiger partial charge in [-0.3, -0.25) is 9.10 Å². The maximum absolute atomic E-state index is 12.8. The number of amides is 1. The van der Waals surface area contributed by atoms with E-state index in [4.69, 9.17) is 16.3 Å². The molecule has 0 saturated heterocycles. The highest BCUT2D eigenvalue weighted by Crippen LogP contribution is 2.25. The molecule has 1 N–H and O–H groups in total. The van der Waals surface area contributed by atoms with E-state index < -0.39 is 22.0 Å². The molecule has 0 fully saturated rings. The van der Waals surface area contributed by atoms with E-state index in [9.17, 15) is 13.2 Å². The molecule has 3 rings (SSSR count). The molecule has 31 heavy (non-hydrogen) atoms. The van der Waals surface area contributed by atoms with Gasteiger partial charge in [-0.05, 0) is 47.5 Å². The van der Waals surface area contributed by atoms with Gasteiger partial charge < -0.3 is 10.1 Å². The van der Waals surface area contributed by atoms with Crippen LogP contribution in [0.25, 0.3) is 10.8 Å². The number of hydrogen-bond donors (Lipinski definition) is 1. The summed E-state index contributed by atoms with van der Waals surface area (Å²) in [5.41, 5.74) is 0.351. The highest BCUT2D eigenvalue weighted by Gasteiger charge is 2.31. The largest absolute Gasteiger partial charge is 0.492 e. The third kappa shape index (κ3) is 5.89. The Balaban J connectivity index is 1.64. The molecule has 0 saturated carbocycles. The van der Waals surface area contributed by atoms with E-state index in [1.165, 1.54) is 6.07 Å². The van der Waals surface area contributed by atoms with Gasteiger partial charge in [0, 0.05) is 5.02 Å². The van der Waals surface area contributed by atoms with Crippen LogP contribution in [-0.2, 0) is 14.8 Å². The van der Waals surface area contributed by atoms with Crippen LogP contribution < -0.4 is 14.4 Å². The van der Waals surface area contributed by atoms with Gasteiger partial charge >= 0.3 is 0 Å². The van der Waals surface area contributed by atoms with Crippen LogP contribution in [0.4, 0.5) is 5.69 Å². The van der Waals surface area contributed by atoms with E-state index in [0.717, 1.165) is 21.3 Å². The number of fused-ring (bicyclic) bond motifs is 1. The van der Waals surface area contributed by atoms with Crippen molar-refractivity contribution in [2.24, 2.45) is 0 Å². The minimum absolute atomic E-state index is 0.245. The summed E-state index contributed by atoms with van der Waals surface area (Å²) < 4.78 is 31.7. The van der Waals surface area contributed by atoms with E-state index in [0.29, 0.717) is 22.9 Å². The number of ether oxygens (including phenoxy) is 1. The van der Waals surface area contributed by atoms with Gasteiger partial charge in [0.05, 0.1) is 18.5 Å². The summed E-state index contributed by atoms with van der Waals surface area (Å²) in [6.45, 7) is 2.27. The molecule has 0 aliphatic heterocycles. The normalized spacial score (nSPS) is 12.4. The standard InChI is InChI=1S/C23H25ClN2O4S/c1-3-22(26(31(2,28)29)20-10-6-9-19(24)16-20)23(27)25-13-14-30-21-12-11-17-7-4-5-8-18(17)15-21/h4-12,15-16,22H,3,13-14H2,1-2H3,(H,25,27)/t22-/m0/s1. The van der Waals surface area contributed by atoms with Crippen LogP contribution in [-0.4, -0.2) is 39.8 Å². The zero-order chi connectivity index (χ0) is 22.4. The second-order valence-corrected chi connectivity index (χ2v) is 9.41. The second-order valence-electron chi connectivity index (χ2n) is 7.11. The van der Waals surface area contributed by atoms with Gasteiger partial charge in [-0.1, -0.05) is 54.9 Å². The number of sulfonamides is 1. The predicted molar refractivity (Wildman–Crippen MR) is 125 cm³/mol. The highest BCUT2D eigenvalue weighted by atomic mass is 35.5. The Labute approximate surface area is 187 Å². The van der Waals surface area contributed by atoms with E-state index in [1.54, 1.807) is 25.1 Å².